The molecule has 3 N–H and O–H groups in total. The molecule has 1 aliphatic rings. The number of carboxylic acids is 1. The maximum Gasteiger partial charge on any atom is 0.307 e. The maximum absolute atomic E-state index is 12.1. The molecule has 21 heavy (non-hydrogen) atoms. The SMILES string of the molecule is CCC1C[C@H](C(=O)NCC(=O)NC(C)(C)C)[C@H](C(=O)O)C1. The van der Waals surface area contributed by atoms with Gasteiger partial charge in [-0.3, -0.25) is 14.4 Å². The highest BCUT2D eigenvalue weighted by molar-refractivity contribution is 5.89. The summed E-state index contributed by atoms with van der Waals surface area (Å²) in [4.78, 5) is 35.1. The summed E-state index contributed by atoms with van der Waals surface area (Å²) in [6, 6.07) is 0. The first-order valence-electron chi connectivity index (χ1n) is 7.45. The summed E-state index contributed by atoms with van der Waals surface area (Å²) in [7, 11) is 0. The van der Waals surface area contributed by atoms with Crippen molar-refractivity contribution in [3.8, 4) is 0 Å². The second kappa shape index (κ2) is 6.91. The minimum absolute atomic E-state index is 0.115. The Bertz CT molecular complexity index is 414. The molecule has 1 unspecified atom stereocenters. The van der Waals surface area contributed by atoms with Crippen molar-refractivity contribution >= 4 is 17.8 Å². The number of rotatable bonds is 5. The summed E-state index contributed by atoms with van der Waals surface area (Å²) < 4.78 is 0. The lowest BCUT2D eigenvalue weighted by Crippen LogP contribution is -2.47. The van der Waals surface area contributed by atoms with E-state index in [0.29, 0.717) is 12.8 Å². The molecule has 0 aromatic carbocycles. The highest BCUT2D eigenvalue weighted by Gasteiger charge is 2.42. The summed E-state index contributed by atoms with van der Waals surface area (Å²) in [5.41, 5.74) is -0.355. The van der Waals surface area contributed by atoms with Crippen LogP contribution in [0.25, 0.3) is 0 Å². The molecular weight excluding hydrogens is 272 g/mol. The average molecular weight is 298 g/mol. The summed E-state index contributed by atoms with van der Waals surface area (Å²) in [5.74, 6) is -2.43. The van der Waals surface area contributed by atoms with Gasteiger partial charge in [-0.15, -0.1) is 0 Å². The Labute approximate surface area is 125 Å². The number of carboxylic acid groups (broad SMARTS) is 1. The molecule has 0 radical (unpaired) electrons. The van der Waals surface area contributed by atoms with E-state index in [9.17, 15) is 19.5 Å². The number of amides is 2. The summed E-state index contributed by atoms with van der Waals surface area (Å²) in [6.45, 7) is 7.46. The second-order valence-corrected chi connectivity index (χ2v) is 6.81. The first kappa shape index (κ1) is 17.5. The van der Waals surface area contributed by atoms with Gasteiger partial charge in [0.2, 0.25) is 11.8 Å². The van der Waals surface area contributed by atoms with E-state index in [0.717, 1.165) is 6.42 Å². The molecule has 0 aromatic rings. The van der Waals surface area contributed by atoms with Crippen molar-refractivity contribution in [1.82, 2.24) is 10.6 Å². The lowest BCUT2D eigenvalue weighted by molar-refractivity contribution is -0.146. The smallest absolute Gasteiger partial charge is 0.307 e. The van der Waals surface area contributed by atoms with Gasteiger partial charge in [0.1, 0.15) is 0 Å². The normalized spacial score (nSPS) is 25.4. The van der Waals surface area contributed by atoms with Crippen molar-refractivity contribution in [3.05, 3.63) is 0 Å². The Morgan fingerprint density at radius 2 is 1.71 bits per heavy atom. The van der Waals surface area contributed by atoms with E-state index in [1.165, 1.54) is 0 Å². The van der Waals surface area contributed by atoms with E-state index in [1.54, 1.807) is 0 Å². The first-order chi connectivity index (χ1) is 9.64. The highest BCUT2D eigenvalue weighted by Crippen LogP contribution is 2.38. The third-order valence-corrected chi connectivity index (χ3v) is 3.83. The summed E-state index contributed by atoms with van der Waals surface area (Å²) >= 11 is 0. The largest absolute Gasteiger partial charge is 0.481 e. The Morgan fingerprint density at radius 3 is 2.19 bits per heavy atom. The Kier molecular flexibility index (Phi) is 5.75. The van der Waals surface area contributed by atoms with E-state index in [1.807, 2.05) is 27.7 Å². The van der Waals surface area contributed by atoms with Gasteiger partial charge in [0, 0.05) is 5.54 Å². The maximum atomic E-state index is 12.1. The molecule has 0 heterocycles. The van der Waals surface area contributed by atoms with Gasteiger partial charge in [-0.2, -0.15) is 0 Å². The van der Waals surface area contributed by atoms with Crippen LogP contribution in [0.5, 0.6) is 0 Å². The van der Waals surface area contributed by atoms with Crippen molar-refractivity contribution in [2.45, 2.75) is 52.5 Å². The zero-order valence-electron chi connectivity index (χ0n) is 13.2. The van der Waals surface area contributed by atoms with E-state index in [2.05, 4.69) is 10.6 Å². The Hall–Kier alpha value is -1.59. The molecule has 1 fully saturated rings. The summed E-state index contributed by atoms with van der Waals surface area (Å²) in [5, 5.41) is 14.5. The van der Waals surface area contributed by atoms with E-state index < -0.39 is 17.8 Å². The molecule has 0 spiro atoms. The van der Waals surface area contributed by atoms with Crippen molar-refractivity contribution in [2.24, 2.45) is 17.8 Å². The van der Waals surface area contributed by atoms with E-state index in [4.69, 9.17) is 0 Å². The van der Waals surface area contributed by atoms with Gasteiger partial charge in [-0.25, -0.2) is 0 Å². The molecule has 1 saturated carbocycles. The zero-order valence-corrected chi connectivity index (χ0v) is 13.2. The minimum Gasteiger partial charge on any atom is -0.481 e. The number of aliphatic carboxylic acids is 1. The van der Waals surface area contributed by atoms with Crippen LogP contribution in [0.15, 0.2) is 0 Å². The predicted molar refractivity (Wildman–Crippen MR) is 78.5 cm³/mol. The van der Waals surface area contributed by atoms with Crippen LogP contribution >= 0.6 is 0 Å². The van der Waals surface area contributed by atoms with Crippen LogP contribution in [0.3, 0.4) is 0 Å². The predicted octanol–water partition coefficient (Wildman–Crippen LogP) is 1.15. The monoisotopic (exact) mass is 298 g/mol. The number of hydrogen-bond acceptors (Lipinski definition) is 3. The molecule has 1 aliphatic carbocycles. The van der Waals surface area contributed by atoms with Crippen LogP contribution < -0.4 is 10.6 Å². The summed E-state index contributed by atoms with van der Waals surface area (Å²) in [6.07, 6.45) is 2.00. The van der Waals surface area contributed by atoms with Crippen LogP contribution in [0.1, 0.15) is 47.0 Å². The lowest BCUT2D eigenvalue weighted by atomic mass is 9.95. The lowest BCUT2D eigenvalue weighted by Gasteiger charge is -2.21. The molecule has 3 atom stereocenters. The van der Waals surface area contributed by atoms with Gasteiger partial charge in [-0.1, -0.05) is 13.3 Å². The fourth-order valence-corrected chi connectivity index (χ4v) is 2.80. The fraction of sp³-hybridized carbons (Fsp3) is 0.800. The molecule has 0 aliphatic heterocycles. The molecule has 2 amide bonds. The van der Waals surface area contributed by atoms with Crippen LogP contribution in [-0.2, 0) is 14.4 Å². The number of hydrogen-bond donors (Lipinski definition) is 3. The van der Waals surface area contributed by atoms with Crippen molar-refractivity contribution in [1.29, 1.82) is 0 Å². The second-order valence-electron chi connectivity index (χ2n) is 6.81. The molecule has 0 saturated heterocycles. The zero-order chi connectivity index (χ0) is 16.2. The molecule has 1 rings (SSSR count). The third-order valence-electron chi connectivity index (χ3n) is 3.83. The number of carbonyl (C=O) groups is 3. The van der Waals surface area contributed by atoms with Crippen molar-refractivity contribution in [2.75, 3.05) is 6.54 Å². The first-order valence-corrected chi connectivity index (χ1v) is 7.45. The van der Waals surface area contributed by atoms with Gasteiger partial charge in [0.25, 0.3) is 0 Å². The number of carbonyl (C=O) groups excluding carboxylic acids is 2. The standard InChI is InChI=1S/C15H26N2O4/c1-5-9-6-10(11(7-9)14(20)21)13(19)16-8-12(18)17-15(2,3)4/h9-11H,5-8H2,1-4H3,(H,16,19)(H,17,18)(H,20,21)/t9?,10-,11+/m0/s1. The Balaban J connectivity index is 2.54. The molecular formula is C15H26N2O4. The quantitative estimate of drug-likeness (QED) is 0.709. The molecule has 0 bridgehead atoms. The van der Waals surface area contributed by atoms with E-state index >= 15 is 0 Å². The minimum atomic E-state index is -0.926. The Morgan fingerprint density at radius 1 is 1.14 bits per heavy atom. The van der Waals surface area contributed by atoms with Crippen LogP contribution in [0.2, 0.25) is 0 Å². The van der Waals surface area contributed by atoms with Crippen LogP contribution in [0, 0.1) is 17.8 Å². The van der Waals surface area contributed by atoms with Gasteiger partial charge in [0.15, 0.2) is 0 Å². The number of nitrogens with one attached hydrogen (secondary N) is 2. The topological polar surface area (TPSA) is 95.5 Å². The molecule has 6 heteroatoms. The van der Waals surface area contributed by atoms with Gasteiger partial charge in [-0.05, 0) is 39.5 Å². The third kappa shape index (κ3) is 5.36. The van der Waals surface area contributed by atoms with Crippen molar-refractivity contribution < 1.29 is 19.5 Å². The van der Waals surface area contributed by atoms with Gasteiger partial charge < -0.3 is 15.7 Å². The molecule has 0 aromatic heterocycles. The highest BCUT2D eigenvalue weighted by atomic mass is 16.4. The average Bonchev–Trinajstić information content (AvgIpc) is 2.78. The molecule has 6 nitrogen and oxygen atoms in total. The van der Waals surface area contributed by atoms with E-state index in [-0.39, 0.29) is 29.8 Å². The van der Waals surface area contributed by atoms with Crippen LogP contribution in [0.4, 0.5) is 0 Å². The molecule has 120 valence electrons. The van der Waals surface area contributed by atoms with Crippen LogP contribution in [-0.4, -0.2) is 35.0 Å². The van der Waals surface area contributed by atoms with Gasteiger partial charge >= 0.3 is 5.97 Å². The fourth-order valence-electron chi connectivity index (χ4n) is 2.80. The van der Waals surface area contributed by atoms with Gasteiger partial charge in [0.05, 0.1) is 18.4 Å². The van der Waals surface area contributed by atoms with Crippen molar-refractivity contribution in [3.63, 3.8) is 0 Å².